The number of hydrogen-bond donors (Lipinski definition) is 0. The molecule has 2 aliphatic carbocycles. The Morgan fingerprint density at radius 1 is 0.618 bits per heavy atom. The summed E-state index contributed by atoms with van der Waals surface area (Å²) < 4.78 is 10.7. The van der Waals surface area contributed by atoms with Crippen molar-refractivity contribution in [2.24, 2.45) is 5.92 Å². The van der Waals surface area contributed by atoms with Crippen molar-refractivity contribution in [3.63, 3.8) is 0 Å². The van der Waals surface area contributed by atoms with Crippen molar-refractivity contribution in [2.75, 3.05) is 13.2 Å². The zero-order valence-corrected chi connectivity index (χ0v) is 22.6. The summed E-state index contributed by atoms with van der Waals surface area (Å²) in [6, 6.07) is 20.3. The van der Waals surface area contributed by atoms with Crippen molar-refractivity contribution in [1.29, 1.82) is 0 Å². The Morgan fingerprint density at radius 3 is 1.56 bits per heavy atom. The van der Waals surface area contributed by atoms with Gasteiger partial charge in [0.1, 0.15) is 5.75 Å². The molecule has 0 atom stereocenters. The molecule has 0 aromatic heterocycles. The van der Waals surface area contributed by atoms with Crippen LogP contribution in [0.2, 0.25) is 0 Å². The molecular weight excluding hydrogens is 416 g/mol. The van der Waals surface area contributed by atoms with E-state index in [9.17, 15) is 0 Å². The van der Waals surface area contributed by atoms with E-state index >= 15 is 0 Å². The molecule has 2 nitrogen and oxygen atoms in total. The van der Waals surface area contributed by atoms with Crippen LogP contribution in [0.1, 0.15) is 104 Å². The molecule has 2 fully saturated rings. The molecular formula is C32H52O2. The SMILES string of the molecule is CCC1CCCCC1.CCOC1CCCCC1.CCOc1ccccc1.CCc1ccccc1. The number of rotatable bonds is 6. The van der Waals surface area contributed by atoms with Crippen LogP contribution in [0.15, 0.2) is 60.7 Å². The molecule has 0 N–H and O–H groups in total. The van der Waals surface area contributed by atoms with E-state index in [1.165, 1.54) is 76.2 Å². The lowest BCUT2D eigenvalue weighted by Crippen LogP contribution is -2.15. The third-order valence-electron chi connectivity index (χ3n) is 6.56. The van der Waals surface area contributed by atoms with Crippen molar-refractivity contribution in [3.05, 3.63) is 66.2 Å². The minimum atomic E-state index is 0.601. The van der Waals surface area contributed by atoms with Gasteiger partial charge in [0, 0.05) is 6.61 Å². The number of aryl methyl sites for hydroxylation is 1. The molecule has 192 valence electrons. The quantitative estimate of drug-likeness (QED) is 0.420. The Hall–Kier alpha value is -1.80. The van der Waals surface area contributed by atoms with Gasteiger partial charge >= 0.3 is 0 Å². The monoisotopic (exact) mass is 468 g/mol. The van der Waals surface area contributed by atoms with Gasteiger partial charge in [-0.2, -0.15) is 0 Å². The van der Waals surface area contributed by atoms with E-state index in [-0.39, 0.29) is 0 Å². The first kappa shape index (κ1) is 30.2. The molecule has 0 heterocycles. The Balaban J connectivity index is 0.000000227. The van der Waals surface area contributed by atoms with E-state index in [0.29, 0.717) is 6.10 Å². The highest BCUT2D eigenvalue weighted by Gasteiger charge is 2.12. The maximum absolute atomic E-state index is 5.48. The van der Waals surface area contributed by atoms with Crippen LogP contribution < -0.4 is 4.74 Å². The summed E-state index contributed by atoms with van der Waals surface area (Å²) in [4.78, 5) is 0. The zero-order valence-electron chi connectivity index (χ0n) is 22.6. The molecule has 2 heteroatoms. The van der Waals surface area contributed by atoms with Gasteiger partial charge in [-0.15, -0.1) is 0 Å². The van der Waals surface area contributed by atoms with Crippen LogP contribution >= 0.6 is 0 Å². The van der Waals surface area contributed by atoms with E-state index in [1.807, 2.05) is 43.3 Å². The first-order chi connectivity index (χ1) is 16.7. The molecule has 0 saturated heterocycles. The van der Waals surface area contributed by atoms with Crippen LogP contribution in [0.3, 0.4) is 0 Å². The smallest absolute Gasteiger partial charge is 0.119 e. The molecule has 0 spiro atoms. The minimum Gasteiger partial charge on any atom is -0.494 e. The number of para-hydroxylation sites is 1. The fraction of sp³-hybridized carbons (Fsp3) is 0.625. The molecule has 0 unspecified atom stereocenters. The normalized spacial score (nSPS) is 16.0. The summed E-state index contributed by atoms with van der Waals surface area (Å²) in [6.07, 6.45) is 17.4. The summed E-state index contributed by atoms with van der Waals surface area (Å²) in [5, 5.41) is 0. The third-order valence-corrected chi connectivity index (χ3v) is 6.56. The van der Waals surface area contributed by atoms with Gasteiger partial charge in [0.05, 0.1) is 12.7 Å². The summed E-state index contributed by atoms with van der Waals surface area (Å²) >= 11 is 0. The van der Waals surface area contributed by atoms with E-state index in [1.54, 1.807) is 0 Å². The zero-order chi connectivity index (χ0) is 24.7. The summed E-state index contributed by atoms with van der Waals surface area (Å²) in [6.45, 7) is 10.2. The molecule has 2 aromatic carbocycles. The van der Waals surface area contributed by atoms with Crippen molar-refractivity contribution in [2.45, 2.75) is 111 Å². The second kappa shape index (κ2) is 21.7. The lowest BCUT2D eigenvalue weighted by molar-refractivity contribution is 0.0368. The second-order valence-corrected chi connectivity index (χ2v) is 9.21. The number of hydrogen-bond acceptors (Lipinski definition) is 2. The van der Waals surface area contributed by atoms with Gasteiger partial charge in [0.2, 0.25) is 0 Å². The van der Waals surface area contributed by atoms with Crippen molar-refractivity contribution in [1.82, 2.24) is 0 Å². The van der Waals surface area contributed by atoms with E-state index in [2.05, 4.69) is 45.0 Å². The predicted molar refractivity (Wildman–Crippen MR) is 149 cm³/mol. The molecule has 0 bridgehead atoms. The fourth-order valence-corrected chi connectivity index (χ4v) is 4.46. The Kier molecular flexibility index (Phi) is 19.3. The lowest BCUT2D eigenvalue weighted by atomic mass is 9.88. The molecule has 0 aliphatic heterocycles. The molecule has 2 aromatic rings. The topological polar surface area (TPSA) is 18.5 Å². The van der Waals surface area contributed by atoms with E-state index in [4.69, 9.17) is 9.47 Å². The van der Waals surface area contributed by atoms with Crippen molar-refractivity contribution >= 4 is 0 Å². The van der Waals surface area contributed by atoms with Gasteiger partial charge in [-0.1, -0.05) is 120 Å². The van der Waals surface area contributed by atoms with Gasteiger partial charge < -0.3 is 9.47 Å². The summed E-state index contributed by atoms with van der Waals surface area (Å²) in [7, 11) is 0. The van der Waals surface area contributed by atoms with E-state index in [0.717, 1.165) is 31.3 Å². The summed E-state index contributed by atoms with van der Waals surface area (Å²) in [5.41, 5.74) is 1.41. The summed E-state index contributed by atoms with van der Waals surface area (Å²) in [5.74, 6) is 2.03. The van der Waals surface area contributed by atoms with E-state index < -0.39 is 0 Å². The highest BCUT2D eigenvalue weighted by Crippen LogP contribution is 2.25. The van der Waals surface area contributed by atoms with Gasteiger partial charge in [0.25, 0.3) is 0 Å². The maximum Gasteiger partial charge on any atom is 0.119 e. The highest BCUT2D eigenvalue weighted by molar-refractivity contribution is 5.20. The standard InChI is InChI=1S/C8H16O.C8H10O.C8H16.C8H10/c2*1-2-9-8-6-4-3-5-7-8;2*1-2-8-6-4-3-5-7-8/h8H,2-7H2,1H3;3-7H,2H2,1H3;8H,2-7H2,1H3;3-7H,2H2,1H3. The Bertz CT molecular complexity index is 640. The van der Waals surface area contributed by atoms with Crippen LogP contribution in [-0.2, 0) is 11.2 Å². The average Bonchev–Trinajstić information content (AvgIpc) is 2.92. The Labute approximate surface area is 211 Å². The molecule has 2 aliphatic rings. The Morgan fingerprint density at radius 2 is 1.15 bits per heavy atom. The third kappa shape index (κ3) is 15.9. The van der Waals surface area contributed by atoms with Gasteiger partial charge in [-0.3, -0.25) is 0 Å². The molecule has 34 heavy (non-hydrogen) atoms. The predicted octanol–water partition coefficient (Wildman–Crippen LogP) is 9.67. The van der Waals surface area contributed by atoms with Crippen molar-refractivity contribution < 1.29 is 9.47 Å². The first-order valence-corrected chi connectivity index (χ1v) is 14.1. The second-order valence-electron chi connectivity index (χ2n) is 9.21. The van der Waals surface area contributed by atoms with Crippen LogP contribution in [0.4, 0.5) is 0 Å². The van der Waals surface area contributed by atoms with Crippen LogP contribution in [0, 0.1) is 5.92 Å². The van der Waals surface area contributed by atoms with Crippen molar-refractivity contribution in [3.8, 4) is 5.75 Å². The van der Waals surface area contributed by atoms with Crippen LogP contribution in [0.25, 0.3) is 0 Å². The minimum absolute atomic E-state index is 0.601. The van der Waals surface area contributed by atoms with Crippen LogP contribution in [0.5, 0.6) is 5.75 Å². The average molecular weight is 469 g/mol. The first-order valence-electron chi connectivity index (χ1n) is 14.1. The molecule has 2 saturated carbocycles. The largest absolute Gasteiger partial charge is 0.494 e. The lowest BCUT2D eigenvalue weighted by Gasteiger charge is -2.20. The number of ether oxygens (including phenoxy) is 2. The molecule has 0 amide bonds. The highest BCUT2D eigenvalue weighted by atomic mass is 16.5. The van der Waals surface area contributed by atoms with Gasteiger partial charge in [-0.05, 0) is 56.7 Å². The molecule has 0 radical (unpaired) electrons. The van der Waals surface area contributed by atoms with Gasteiger partial charge in [0.15, 0.2) is 0 Å². The van der Waals surface area contributed by atoms with Crippen LogP contribution in [-0.4, -0.2) is 19.3 Å². The molecule has 4 rings (SSSR count). The number of benzene rings is 2. The maximum atomic E-state index is 5.48. The fourth-order valence-electron chi connectivity index (χ4n) is 4.46. The van der Waals surface area contributed by atoms with Gasteiger partial charge in [-0.25, -0.2) is 0 Å².